The van der Waals surface area contributed by atoms with Crippen molar-refractivity contribution in [2.75, 3.05) is 0 Å². The van der Waals surface area contributed by atoms with Gasteiger partial charge in [-0.2, -0.15) is 0 Å². The second-order valence-electron chi connectivity index (χ2n) is 4.93. The zero-order valence-corrected chi connectivity index (χ0v) is 15.7. The first kappa shape index (κ1) is 24.7. The fraction of sp³-hybridized carbons (Fsp3) is 0.750. The molecule has 0 aromatic rings. The summed E-state index contributed by atoms with van der Waals surface area (Å²) >= 11 is 0. The average molecular weight is 486 g/mol. The van der Waals surface area contributed by atoms with Crippen LogP contribution in [0.2, 0.25) is 0 Å². The summed E-state index contributed by atoms with van der Waals surface area (Å²) in [6.07, 6.45) is 26.0. The van der Waals surface area contributed by atoms with Gasteiger partial charge in [-0.05, 0) is 51.4 Å². The van der Waals surface area contributed by atoms with Gasteiger partial charge in [-0.3, -0.25) is 0 Å². The van der Waals surface area contributed by atoms with Gasteiger partial charge in [0.2, 0.25) is 0 Å². The van der Waals surface area contributed by atoms with Gasteiger partial charge in [0.25, 0.3) is 0 Å². The molecule has 0 radical (unpaired) electrons. The zero-order valence-electron chi connectivity index (χ0n) is 11.9. The third-order valence-corrected chi connectivity index (χ3v) is 3.32. The molecule has 0 nitrogen and oxygen atoms in total. The van der Waals surface area contributed by atoms with Gasteiger partial charge in [0, 0.05) is 0 Å². The van der Waals surface area contributed by atoms with Gasteiger partial charge < -0.3 is 24.8 Å². The Morgan fingerprint density at radius 3 is 0.789 bits per heavy atom. The van der Waals surface area contributed by atoms with E-state index in [1.165, 1.54) is 77.0 Å². The van der Waals surface area contributed by atoms with Crippen molar-refractivity contribution in [2.45, 2.75) is 77.0 Å². The molecule has 0 aliphatic heterocycles. The molecule has 116 valence electrons. The van der Waals surface area contributed by atoms with E-state index in [1.807, 2.05) is 0 Å². The molecule has 0 aromatic heterocycles. The van der Waals surface area contributed by atoms with Crippen molar-refractivity contribution in [1.29, 1.82) is 0 Å². The van der Waals surface area contributed by atoms with Crippen molar-refractivity contribution in [3.05, 3.63) is 24.3 Å². The number of hydrogen-bond donors (Lipinski definition) is 0. The third kappa shape index (κ3) is 18.7. The number of hydrogen-bond acceptors (Lipinski definition) is 0. The quantitative estimate of drug-likeness (QED) is 0.417. The Balaban J connectivity index is -0.000000233. The van der Waals surface area contributed by atoms with Gasteiger partial charge in [-0.15, -0.1) is 0 Å². The Morgan fingerprint density at radius 2 is 0.579 bits per heavy atom. The SMILES string of the molecule is C1=CCCCCCC1.C1=CCCCCCC1.[Cl-].[Cl-].[Pt+2]. The molecule has 0 bridgehead atoms. The summed E-state index contributed by atoms with van der Waals surface area (Å²) in [5, 5.41) is 0. The Morgan fingerprint density at radius 1 is 0.368 bits per heavy atom. The van der Waals surface area contributed by atoms with Crippen molar-refractivity contribution in [1.82, 2.24) is 0 Å². The number of rotatable bonds is 0. The maximum atomic E-state index is 2.32. The van der Waals surface area contributed by atoms with Crippen molar-refractivity contribution in [3.8, 4) is 0 Å². The van der Waals surface area contributed by atoms with Crippen molar-refractivity contribution in [2.24, 2.45) is 0 Å². The van der Waals surface area contributed by atoms with E-state index in [0.717, 1.165) is 0 Å². The molecular weight excluding hydrogens is 458 g/mol. The summed E-state index contributed by atoms with van der Waals surface area (Å²) in [6.45, 7) is 0. The van der Waals surface area contributed by atoms with Crippen LogP contribution in [0.3, 0.4) is 0 Å². The molecule has 0 atom stereocenters. The first-order valence-electron chi connectivity index (χ1n) is 7.30. The molecule has 19 heavy (non-hydrogen) atoms. The molecule has 2 rings (SSSR count). The maximum absolute atomic E-state index is 2.32. The minimum absolute atomic E-state index is 0. The van der Waals surface area contributed by atoms with Gasteiger partial charge in [-0.25, -0.2) is 0 Å². The normalized spacial score (nSPS) is 18.5. The Kier molecular flexibility index (Phi) is 27.4. The number of halogens is 2. The molecule has 0 aromatic carbocycles. The van der Waals surface area contributed by atoms with Gasteiger partial charge in [0.15, 0.2) is 0 Å². The van der Waals surface area contributed by atoms with Crippen LogP contribution in [0.5, 0.6) is 0 Å². The van der Waals surface area contributed by atoms with E-state index in [-0.39, 0.29) is 45.9 Å². The minimum Gasteiger partial charge on any atom is -1.00 e. The van der Waals surface area contributed by atoms with Crippen molar-refractivity contribution < 1.29 is 45.9 Å². The molecule has 0 amide bonds. The van der Waals surface area contributed by atoms with Crippen LogP contribution in [0, 0.1) is 0 Å². The van der Waals surface area contributed by atoms with Crippen LogP contribution in [0.4, 0.5) is 0 Å². The largest absolute Gasteiger partial charge is 2.00 e. The fourth-order valence-electron chi connectivity index (χ4n) is 2.23. The average Bonchev–Trinajstić information content (AvgIpc) is 2.15. The van der Waals surface area contributed by atoms with Crippen LogP contribution in [-0.2, 0) is 21.1 Å². The van der Waals surface area contributed by atoms with Crippen LogP contribution in [0.15, 0.2) is 24.3 Å². The second kappa shape index (κ2) is 21.1. The summed E-state index contributed by atoms with van der Waals surface area (Å²) in [7, 11) is 0. The Labute approximate surface area is 147 Å². The molecule has 0 N–H and O–H groups in total. The molecule has 0 heterocycles. The minimum atomic E-state index is 0. The summed E-state index contributed by atoms with van der Waals surface area (Å²) in [5.74, 6) is 0. The molecule has 0 spiro atoms. The summed E-state index contributed by atoms with van der Waals surface area (Å²) in [4.78, 5) is 0. The first-order chi connectivity index (χ1) is 8.00. The smallest absolute Gasteiger partial charge is 1.00 e. The second-order valence-corrected chi connectivity index (χ2v) is 4.93. The molecule has 0 saturated carbocycles. The Bertz CT molecular complexity index is 161. The molecule has 0 fully saturated rings. The predicted molar refractivity (Wildman–Crippen MR) is 73.7 cm³/mol. The summed E-state index contributed by atoms with van der Waals surface area (Å²) < 4.78 is 0. The number of allylic oxidation sites excluding steroid dienone is 4. The van der Waals surface area contributed by atoms with Gasteiger partial charge >= 0.3 is 21.1 Å². The molecular formula is C16H28Cl2Pt. The topological polar surface area (TPSA) is 0 Å². The molecule has 0 unspecified atom stereocenters. The fourth-order valence-corrected chi connectivity index (χ4v) is 2.23. The molecule has 3 heteroatoms. The standard InChI is InChI=1S/2C8H14.2ClH.Pt/c2*1-2-4-6-8-7-5-3-1;;;/h2*1-2H,3-8H2;2*1H;/q;;;;+2/p-2. The van der Waals surface area contributed by atoms with E-state index in [0.29, 0.717) is 0 Å². The van der Waals surface area contributed by atoms with Gasteiger partial charge in [0.1, 0.15) is 0 Å². The Hall–Kier alpha value is 0.748. The summed E-state index contributed by atoms with van der Waals surface area (Å²) in [5.41, 5.74) is 0. The van der Waals surface area contributed by atoms with E-state index in [9.17, 15) is 0 Å². The zero-order chi connectivity index (χ0) is 11.3. The first-order valence-corrected chi connectivity index (χ1v) is 7.30. The molecule has 2 aliphatic carbocycles. The van der Waals surface area contributed by atoms with Crippen molar-refractivity contribution in [3.63, 3.8) is 0 Å². The van der Waals surface area contributed by atoms with Crippen LogP contribution in [-0.4, -0.2) is 0 Å². The molecule has 2 aliphatic rings. The van der Waals surface area contributed by atoms with E-state index in [2.05, 4.69) is 24.3 Å². The van der Waals surface area contributed by atoms with E-state index in [1.54, 1.807) is 0 Å². The maximum Gasteiger partial charge on any atom is 2.00 e. The monoisotopic (exact) mass is 485 g/mol. The van der Waals surface area contributed by atoms with Crippen LogP contribution < -0.4 is 24.8 Å². The van der Waals surface area contributed by atoms with Crippen LogP contribution >= 0.6 is 0 Å². The van der Waals surface area contributed by atoms with Gasteiger partial charge in [0.05, 0.1) is 0 Å². The van der Waals surface area contributed by atoms with Crippen molar-refractivity contribution >= 4 is 0 Å². The predicted octanol–water partition coefficient (Wildman–Crippen LogP) is -0.201. The van der Waals surface area contributed by atoms with E-state index < -0.39 is 0 Å². The van der Waals surface area contributed by atoms with E-state index >= 15 is 0 Å². The molecule has 0 saturated heterocycles. The van der Waals surface area contributed by atoms with Crippen LogP contribution in [0.1, 0.15) is 77.0 Å². The van der Waals surface area contributed by atoms with Crippen LogP contribution in [0.25, 0.3) is 0 Å². The van der Waals surface area contributed by atoms with Gasteiger partial charge in [-0.1, -0.05) is 50.0 Å². The van der Waals surface area contributed by atoms with E-state index in [4.69, 9.17) is 0 Å². The third-order valence-electron chi connectivity index (χ3n) is 3.32. The summed E-state index contributed by atoms with van der Waals surface area (Å²) in [6, 6.07) is 0.